The van der Waals surface area contributed by atoms with E-state index in [2.05, 4.69) is 10.6 Å². The molecule has 0 fully saturated rings. The van der Waals surface area contributed by atoms with E-state index in [1.165, 1.54) is 23.9 Å². The largest absolute Gasteiger partial charge is 0.478 e. The van der Waals surface area contributed by atoms with Crippen molar-refractivity contribution in [2.24, 2.45) is 0 Å². The van der Waals surface area contributed by atoms with Crippen molar-refractivity contribution in [3.8, 4) is 0 Å². The minimum Gasteiger partial charge on any atom is -0.478 e. The molecule has 0 aliphatic rings. The van der Waals surface area contributed by atoms with Gasteiger partial charge in [-0.05, 0) is 78.7 Å². The Morgan fingerprint density at radius 1 is 0.800 bits per heavy atom. The highest BCUT2D eigenvalue weighted by Gasteiger charge is 2.17. The molecule has 1 atom stereocenters. The van der Waals surface area contributed by atoms with Crippen molar-refractivity contribution in [1.29, 1.82) is 0 Å². The number of fused-ring (bicyclic) bond motifs is 1. The van der Waals surface area contributed by atoms with Gasteiger partial charge in [-0.3, -0.25) is 9.59 Å². The summed E-state index contributed by atoms with van der Waals surface area (Å²) in [5.74, 6) is -1.46. The Kier molecular flexibility index (Phi) is 7.17. The molecule has 0 radical (unpaired) electrons. The average Bonchev–Trinajstić information content (AvgIpc) is 2.86. The Bertz CT molecular complexity index is 1420. The second-order valence-corrected chi connectivity index (χ2v) is 9.54. The molecule has 4 rings (SSSR count). The summed E-state index contributed by atoms with van der Waals surface area (Å²) in [6.45, 7) is 3.59. The lowest BCUT2D eigenvalue weighted by atomic mass is 10.1. The van der Waals surface area contributed by atoms with Gasteiger partial charge in [-0.25, -0.2) is 4.79 Å². The summed E-state index contributed by atoms with van der Waals surface area (Å²) in [6, 6.07) is 25.4. The van der Waals surface area contributed by atoms with Crippen LogP contribution in [0.1, 0.15) is 33.2 Å². The van der Waals surface area contributed by atoms with Gasteiger partial charge in [0.05, 0.1) is 10.8 Å². The SMILES string of the molecule is Cc1ccc(C(=O)O)cc1NC(=O)C(C)Sc1ccc(NC(=O)c2ccc3ccccc3c2)cc1. The zero-order chi connectivity index (χ0) is 24.9. The molecule has 35 heavy (non-hydrogen) atoms. The number of rotatable bonds is 7. The number of carboxylic acid groups (broad SMARTS) is 1. The molecule has 1 unspecified atom stereocenters. The van der Waals surface area contributed by atoms with Crippen LogP contribution in [0.2, 0.25) is 0 Å². The minimum absolute atomic E-state index is 0.118. The van der Waals surface area contributed by atoms with Crippen molar-refractivity contribution in [2.45, 2.75) is 24.0 Å². The van der Waals surface area contributed by atoms with E-state index in [1.807, 2.05) is 55.5 Å². The van der Waals surface area contributed by atoms with Crippen LogP contribution in [-0.2, 0) is 4.79 Å². The van der Waals surface area contributed by atoms with Gasteiger partial charge in [-0.2, -0.15) is 0 Å². The standard InChI is InChI=1S/C28H24N2O4S/c1-17-7-8-22(28(33)34)16-25(17)30-26(31)18(2)35-24-13-11-23(12-14-24)29-27(32)21-10-9-19-5-3-4-6-20(19)15-21/h3-16,18H,1-2H3,(H,29,32)(H,30,31)(H,33,34). The number of amides is 2. The summed E-state index contributed by atoms with van der Waals surface area (Å²) >= 11 is 1.37. The molecule has 7 heteroatoms. The molecule has 176 valence electrons. The molecule has 0 spiro atoms. The Morgan fingerprint density at radius 3 is 2.20 bits per heavy atom. The van der Waals surface area contributed by atoms with Crippen molar-refractivity contribution < 1.29 is 19.5 Å². The molecule has 4 aromatic rings. The van der Waals surface area contributed by atoms with Crippen LogP contribution in [-0.4, -0.2) is 28.1 Å². The first kappa shape index (κ1) is 24.0. The first-order valence-corrected chi connectivity index (χ1v) is 11.9. The van der Waals surface area contributed by atoms with Crippen LogP contribution in [0, 0.1) is 6.92 Å². The molecule has 3 N–H and O–H groups in total. The molecule has 0 aliphatic carbocycles. The van der Waals surface area contributed by atoms with Crippen molar-refractivity contribution in [3.05, 3.63) is 102 Å². The third-order valence-electron chi connectivity index (χ3n) is 5.55. The van der Waals surface area contributed by atoms with Crippen molar-refractivity contribution in [1.82, 2.24) is 0 Å². The number of carbonyl (C=O) groups excluding carboxylic acids is 2. The molecule has 0 saturated carbocycles. The number of aromatic carboxylic acids is 1. The first-order chi connectivity index (χ1) is 16.8. The molecule has 6 nitrogen and oxygen atoms in total. The monoisotopic (exact) mass is 484 g/mol. The summed E-state index contributed by atoms with van der Waals surface area (Å²) in [5.41, 5.74) is 2.62. The fraction of sp³-hybridized carbons (Fsp3) is 0.107. The van der Waals surface area contributed by atoms with E-state index in [4.69, 9.17) is 0 Å². The van der Waals surface area contributed by atoms with E-state index >= 15 is 0 Å². The molecule has 0 bridgehead atoms. The van der Waals surface area contributed by atoms with Gasteiger partial charge in [-0.1, -0.05) is 36.4 Å². The number of carboxylic acids is 1. The number of hydrogen-bond donors (Lipinski definition) is 3. The maximum absolute atomic E-state index is 12.7. The molecule has 0 aromatic heterocycles. The van der Waals surface area contributed by atoms with Gasteiger partial charge in [0.25, 0.3) is 5.91 Å². The zero-order valence-corrected chi connectivity index (χ0v) is 20.1. The van der Waals surface area contributed by atoms with Crippen LogP contribution in [0.5, 0.6) is 0 Å². The second kappa shape index (κ2) is 10.4. The molecule has 0 saturated heterocycles. The highest BCUT2D eigenvalue weighted by molar-refractivity contribution is 8.00. The van der Waals surface area contributed by atoms with Crippen LogP contribution in [0.4, 0.5) is 11.4 Å². The first-order valence-electron chi connectivity index (χ1n) is 11.0. The van der Waals surface area contributed by atoms with Gasteiger partial charge < -0.3 is 15.7 Å². The maximum atomic E-state index is 12.7. The number of anilines is 2. The predicted octanol–water partition coefficient (Wildman–Crippen LogP) is 6.22. The number of aryl methyl sites for hydroxylation is 1. The normalized spacial score (nSPS) is 11.6. The number of benzene rings is 4. The van der Waals surface area contributed by atoms with E-state index in [9.17, 15) is 19.5 Å². The van der Waals surface area contributed by atoms with E-state index < -0.39 is 11.2 Å². The van der Waals surface area contributed by atoms with Crippen LogP contribution >= 0.6 is 11.8 Å². The molecular weight excluding hydrogens is 460 g/mol. The van der Waals surface area contributed by atoms with Gasteiger partial charge in [0, 0.05) is 21.8 Å². The Morgan fingerprint density at radius 2 is 1.49 bits per heavy atom. The number of hydrogen-bond acceptors (Lipinski definition) is 4. The third-order valence-corrected chi connectivity index (χ3v) is 6.66. The number of thioether (sulfide) groups is 1. The second-order valence-electron chi connectivity index (χ2n) is 8.12. The topological polar surface area (TPSA) is 95.5 Å². The van der Waals surface area contributed by atoms with E-state index in [-0.39, 0.29) is 17.4 Å². The highest BCUT2D eigenvalue weighted by atomic mass is 32.2. The van der Waals surface area contributed by atoms with E-state index in [1.54, 1.807) is 31.2 Å². The summed E-state index contributed by atoms with van der Waals surface area (Å²) < 4.78 is 0. The van der Waals surface area contributed by atoms with Crippen LogP contribution in [0.3, 0.4) is 0 Å². The lowest BCUT2D eigenvalue weighted by Crippen LogP contribution is -2.23. The lowest BCUT2D eigenvalue weighted by Gasteiger charge is -2.14. The molecule has 0 aliphatic heterocycles. The van der Waals surface area contributed by atoms with Crippen molar-refractivity contribution in [3.63, 3.8) is 0 Å². The summed E-state index contributed by atoms with van der Waals surface area (Å²) in [5, 5.41) is 16.6. The van der Waals surface area contributed by atoms with Crippen LogP contribution in [0.15, 0.2) is 89.8 Å². The quantitative estimate of drug-likeness (QED) is 0.271. The summed E-state index contributed by atoms with van der Waals surface area (Å²) in [7, 11) is 0. The molecule has 2 amide bonds. The summed E-state index contributed by atoms with van der Waals surface area (Å²) in [6.07, 6.45) is 0. The van der Waals surface area contributed by atoms with Gasteiger partial charge in [-0.15, -0.1) is 11.8 Å². The van der Waals surface area contributed by atoms with Crippen molar-refractivity contribution in [2.75, 3.05) is 10.6 Å². The van der Waals surface area contributed by atoms with E-state index in [0.717, 1.165) is 21.2 Å². The molecule has 0 heterocycles. The third kappa shape index (κ3) is 5.88. The van der Waals surface area contributed by atoms with E-state index in [0.29, 0.717) is 16.9 Å². The maximum Gasteiger partial charge on any atom is 0.335 e. The van der Waals surface area contributed by atoms with Gasteiger partial charge in [0.1, 0.15) is 0 Å². The zero-order valence-electron chi connectivity index (χ0n) is 19.2. The Hall–Kier alpha value is -4.10. The molecular formula is C28H24N2O4S. The van der Waals surface area contributed by atoms with Crippen LogP contribution in [0.25, 0.3) is 10.8 Å². The number of carbonyl (C=O) groups is 3. The number of nitrogens with one attached hydrogen (secondary N) is 2. The smallest absolute Gasteiger partial charge is 0.335 e. The fourth-order valence-electron chi connectivity index (χ4n) is 3.53. The predicted molar refractivity (Wildman–Crippen MR) is 140 cm³/mol. The van der Waals surface area contributed by atoms with Gasteiger partial charge in [0.15, 0.2) is 0 Å². The highest BCUT2D eigenvalue weighted by Crippen LogP contribution is 2.27. The van der Waals surface area contributed by atoms with Crippen LogP contribution < -0.4 is 10.6 Å². The lowest BCUT2D eigenvalue weighted by molar-refractivity contribution is -0.115. The average molecular weight is 485 g/mol. The minimum atomic E-state index is -1.05. The van der Waals surface area contributed by atoms with Gasteiger partial charge >= 0.3 is 5.97 Å². The molecule has 4 aromatic carbocycles. The Balaban J connectivity index is 1.37. The van der Waals surface area contributed by atoms with Gasteiger partial charge in [0.2, 0.25) is 5.91 Å². The summed E-state index contributed by atoms with van der Waals surface area (Å²) in [4.78, 5) is 37.4. The van der Waals surface area contributed by atoms with Crippen molar-refractivity contribution >= 4 is 51.7 Å². The fourth-order valence-corrected chi connectivity index (χ4v) is 4.40. The Labute approximate surface area is 207 Å².